The third kappa shape index (κ3) is 3.44. The van der Waals surface area contributed by atoms with Gasteiger partial charge in [-0.1, -0.05) is 28.8 Å². The van der Waals surface area contributed by atoms with Gasteiger partial charge in [0.05, 0.1) is 6.10 Å². The summed E-state index contributed by atoms with van der Waals surface area (Å²) >= 11 is 3.19. The summed E-state index contributed by atoms with van der Waals surface area (Å²) in [6.07, 6.45) is 6.26. The van der Waals surface area contributed by atoms with Gasteiger partial charge < -0.3 is 4.74 Å². The highest BCUT2D eigenvalue weighted by Crippen LogP contribution is 2.28. The van der Waals surface area contributed by atoms with Crippen molar-refractivity contribution in [2.45, 2.75) is 50.0 Å². The SMILES string of the molecule is Fc1cc(CBr)cc(F)c1OC1CCCCCC1. The van der Waals surface area contributed by atoms with Crippen molar-refractivity contribution < 1.29 is 13.5 Å². The fourth-order valence-corrected chi connectivity index (χ4v) is 2.65. The zero-order chi connectivity index (χ0) is 13.0. The van der Waals surface area contributed by atoms with E-state index in [0.29, 0.717) is 10.9 Å². The normalized spacial score (nSPS) is 17.5. The Labute approximate surface area is 115 Å². The average molecular weight is 319 g/mol. The third-order valence-corrected chi connectivity index (χ3v) is 3.95. The molecule has 0 atom stereocenters. The Morgan fingerprint density at radius 2 is 1.61 bits per heavy atom. The average Bonchev–Trinajstić information content (AvgIpc) is 2.62. The van der Waals surface area contributed by atoms with Crippen LogP contribution in [0.2, 0.25) is 0 Å². The molecule has 0 bridgehead atoms. The highest BCUT2D eigenvalue weighted by Gasteiger charge is 2.19. The minimum Gasteiger partial charge on any atom is -0.484 e. The summed E-state index contributed by atoms with van der Waals surface area (Å²) in [5, 5.41) is 0.435. The van der Waals surface area contributed by atoms with Crippen LogP contribution in [0.15, 0.2) is 12.1 Å². The van der Waals surface area contributed by atoms with Gasteiger partial charge in [0, 0.05) is 5.33 Å². The van der Waals surface area contributed by atoms with Gasteiger partial charge in [-0.25, -0.2) is 8.78 Å². The molecule has 1 aliphatic rings. The molecule has 1 aromatic rings. The molecular formula is C14H17BrF2O. The molecule has 1 aliphatic carbocycles. The maximum Gasteiger partial charge on any atom is 0.191 e. The highest BCUT2D eigenvalue weighted by atomic mass is 79.9. The summed E-state index contributed by atoms with van der Waals surface area (Å²) in [7, 11) is 0. The van der Waals surface area contributed by atoms with Crippen LogP contribution in [0.3, 0.4) is 0 Å². The largest absolute Gasteiger partial charge is 0.484 e. The van der Waals surface area contributed by atoms with Crippen LogP contribution in [0.1, 0.15) is 44.1 Å². The molecule has 100 valence electrons. The molecule has 18 heavy (non-hydrogen) atoms. The summed E-state index contributed by atoms with van der Waals surface area (Å²) in [6.45, 7) is 0. The van der Waals surface area contributed by atoms with E-state index in [1.54, 1.807) is 0 Å². The van der Waals surface area contributed by atoms with E-state index in [4.69, 9.17) is 4.74 Å². The molecule has 0 aromatic heterocycles. The Bertz CT molecular complexity index is 378. The van der Waals surface area contributed by atoms with Crippen LogP contribution >= 0.6 is 15.9 Å². The van der Waals surface area contributed by atoms with E-state index in [2.05, 4.69) is 15.9 Å². The maximum atomic E-state index is 13.8. The highest BCUT2D eigenvalue weighted by molar-refractivity contribution is 9.08. The number of halogens is 3. The molecule has 1 nitrogen and oxygen atoms in total. The van der Waals surface area contributed by atoms with Crippen LogP contribution in [0.4, 0.5) is 8.78 Å². The fraction of sp³-hybridized carbons (Fsp3) is 0.571. The van der Waals surface area contributed by atoms with E-state index < -0.39 is 11.6 Å². The predicted octanol–water partition coefficient (Wildman–Crippen LogP) is 4.96. The van der Waals surface area contributed by atoms with Gasteiger partial charge in [0.2, 0.25) is 0 Å². The van der Waals surface area contributed by atoms with E-state index in [9.17, 15) is 8.78 Å². The Kier molecular flexibility index (Phi) is 4.98. The first-order valence-electron chi connectivity index (χ1n) is 6.41. The summed E-state index contributed by atoms with van der Waals surface area (Å²) in [5.74, 6) is -1.42. The van der Waals surface area contributed by atoms with Crippen LogP contribution in [-0.4, -0.2) is 6.10 Å². The topological polar surface area (TPSA) is 9.23 Å². The maximum absolute atomic E-state index is 13.8. The molecule has 0 saturated heterocycles. The Morgan fingerprint density at radius 3 is 2.11 bits per heavy atom. The smallest absolute Gasteiger partial charge is 0.191 e. The van der Waals surface area contributed by atoms with Crippen molar-refractivity contribution in [1.82, 2.24) is 0 Å². The number of hydrogen-bond donors (Lipinski definition) is 0. The number of rotatable bonds is 3. The molecule has 0 unspecified atom stereocenters. The molecule has 1 fully saturated rings. The van der Waals surface area contributed by atoms with Gasteiger partial charge in [-0.3, -0.25) is 0 Å². The van der Waals surface area contributed by atoms with Gasteiger partial charge in [0.15, 0.2) is 17.4 Å². The summed E-state index contributed by atoms with van der Waals surface area (Å²) in [4.78, 5) is 0. The Balaban J connectivity index is 2.12. The molecule has 2 rings (SSSR count). The van der Waals surface area contributed by atoms with E-state index in [0.717, 1.165) is 25.7 Å². The van der Waals surface area contributed by atoms with Gasteiger partial charge >= 0.3 is 0 Å². The molecule has 0 amide bonds. The van der Waals surface area contributed by atoms with Gasteiger partial charge in [-0.2, -0.15) is 0 Å². The second-order valence-corrected chi connectivity index (χ2v) is 5.31. The minimum absolute atomic E-state index is 0.0497. The lowest BCUT2D eigenvalue weighted by Gasteiger charge is -2.18. The Hall–Kier alpha value is -0.640. The lowest BCUT2D eigenvalue weighted by Crippen LogP contribution is -2.16. The number of hydrogen-bond acceptors (Lipinski definition) is 1. The lowest BCUT2D eigenvalue weighted by atomic mass is 10.1. The quantitative estimate of drug-likeness (QED) is 0.565. The van der Waals surface area contributed by atoms with Crippen molar-refractivity contribution in [3.63, 3.8) is 0 Å². The van der Waals surface area contributed by atoms with Crippen molar-refractivity contribution in [1.29, 1.82) is 0 Å². The number of benzene rings is 1. The zero-order valence-electron chi connectivity index (χ0n) is 10.2. The molecule has 0 radical (unpaired) electrons. The molecule has 0 aliphatic heterocycles. The molecule has 1 aromatic carbocycles. The lowest BCUT2D eigenvalue weighted by molar-refractivity contribution is 0.167. The number of ether oxygens (including phenoxy) is 1. The second kappa shape index (κ2) is 6.50. The van der Waals surface area contributed by atoms with Crippen LogP contribution in [0.5, 0.6) is 5.75 Å². The van der Waals surface area contributed by atoms with Crippen LogP contribution in [0, 0.1) is 11.6 Å². The van der Waals surface area contributed by atoms with Crippen molar-refractivity contribution in [3.8, 4) is 5.75 Å². The molecule has 0 heterocycles. The number of alkyl halides is 1. The molecule has 0 N–H and O–H groups in total. The predicted molar refractivity (Wildman–Crippen MR) is 71.1 cm³/mol. The first-order valence-corrected chi connectivity index (χ1v) is 7.53. The third-order valence-electron chi connectivity index (χ3n) is 3.30. The Morgan fingerprint density at radius 1 is 1.06 bits per heavy atom. The van der Waals surface area contributed by atoms with Crippen molar-refractivity contribution in [3.05, 3.63) is 29.3 Å². The van der Waals surface area contributed by atoms with Gasteiger partial charge in [-0.05, 0) is 43.4 Å². The summed E-state index contributed by atoms with van der Waals surface area (Å²) < 4.78 is 33.1. The summed E-state index contributed by atoms with van der Waals surface area (Å²) in [6, 6.07) is 2.65. The minimum atomic E-state index is -0.603. The second-order valence-electron chi connectivity index (χ2n) is 4.75. The molecule has 1 saturated carbocycles. The first-order chi connectivity index (χ1) is 8.70. The first kappa shape index (κ1) is 13.8. The van der Waals surface area contributed by atoms with Gasteiger partial charge in [-0.15, -0.1) is 0 Å². The fourth-order valence-electron chi connectivity index (χ4n) is 2.33. The zero-order valence-corrected chi connectivity index (χ0v) is 11.8. The van der Waals surface area contributed by atoms with Gasteiger partial charge in [0.25, 0.3) is 0 Å². The van der Waals surface area contributed by atoms with Crippen molar-refractivity contribution in [2.75, 3.05) is 0 Å². The van der Waals surface area contributed by atoms with Crippen LogP contribution in [0.25, 0.3) is 0 Å². The van der Waals surface area contributed by atoms with E-state index in [1.807, 2.05) is 0 Å². The van der Waals surface area contributed by atoms with E-state index in [-0.39, 0.29) is 11.9 Å². The summed E-state index contributed by atoms with van der Waals surface area (Å²) in [5.41, 5.74) is 0.582. The molecular weight excluding hydrogens is 302 g/mol. The molecule has 4 heteroatoms. The van der Waals surface area contributed by atoms with Gasteiger partial charge in [0.1, 0.15) is 0 Å². The van der Waals surface area contributed by atoms with E-state index >= 15 is 0 Å². The van der Waals surface area contributed by atoms with Crippen LogP contribution in [-0.2, 0) is 5.33 Å². The van der Waals surface area contributed by atoms with Crippen molar-refractivity contribution in [2.24, 2.45) is 0 Å². The van der Waals surface area contributed by atoms with Crippen molar-refractivity contribution >= 4 is 15.9 Å². The van der Waals surface area contributed by atoms with E-state index in [1.165, 1.54) is 25.0 Å². The monoisotopic (exact) mass is 318 g/mol. The van der Waals surface area contributed by atoms with Crippen LogP contribution < -0.4 is 4.74 Å². The standard InChI is InChI=1S/C14H17BrF2O/c15-9-10-7-12(16)14(13(17)8-10)18-11-5-3-1-2-4-6-11/h7-8,11H,1-6,9H2. The molecule has 0 spiro atoms.